The molecule has 3 atom stereocenters. The van der Waals surface area contributed by atoms with Crippen LogP contribution in [0.25, 0.3) is 0 Å². The van der Waals surface area contributed by atoms with Gasteiger partial charge in [-0.1, -0.05) is 110 Å². The molecule has 0 unspecified atom stereocenters. The third-order valence-corrected chi connectivity index (χ3v) is 5.96. The molecule has 180 valence electrons. The van der Waals surface area contributed by atoms with Crippen LogP contribution in [0.15, 0.2) is 0 Å². The van der Waals surface area contributed by atoms with Crippen LogP contribution in [-0.4, -0.2) is 46.1 Å². The average molecular weight is 430 g/mol. The molecule has 0 bridgehead atoms. The maximum Gasteiger partial charge on any atom is 0.220 e. The minimum absolute atomic E-state index is 0.154. The minimum Gasteiger partial charge on any atom is -0.394 e. The Labute approximate surface area is 186 Å². The second kappa shape index (κ2) is 21.6. The van der Waals surface area contributed by atoms with Gasteiger partial charge in [-0.3, -0.25) is 4.79 Å². The summed E-state index contributed by atoms with van der Waals surface area (Å²) in [6, 6.07) is -0.796. The minimum atomic E-state index is -1.12. The number of nitrogens with one attached hydrogen (secondary N) is 1. The molecule has 0 aromatic rings. The van der Waals surface area contributed by atoms with E-state index in [9.17, 15) is 20.1 Å². The highest BCUT2D eigenvalue weighted by Crippen LogP contribution is 2.14. The molecule has 30 heavy (non-hydrogen) atoms. The second-order valence-electron chi connectivity index (χ2n) is 8.90. The molecule has 0 saturated carbocycles. The van der Waals surface area contributed by atoms with Gasteiger partial charge in [0.2, 0.25) is 5.91 Å². The largest absolute Gasteiger partial charge is 0.394 e. The summed E-state index contributed by atoms with van der Waals surface area (Å²) in [5, 5.41) is 32.8. The van der Waals surface area contributed by atoms with E-state index in [0.717, 1.165) is 38.5 Å². The van der Waals surface area contributed by atoms with Gasteiger partial charge in [-0.25, -0.2) is 0 Å². The van der Waals surface area contributed by atoms with Gasteiger partial charge in [-0.15, -0.1) is 0 Å². The van der Waals surface area contributed by atoms with Crippen molar-refractivity contribution in [1.29, 1.82) is 0 Å². The van der Waals surface area contributed by atoms with Crippen LogP contribution in [0.3, 0.4) is 0 Å². The van der Waals surface area contributed by atoms with E-state index in [1.54, 1.807) is 0 Å². The van der Waals surface area contributed by atoms with E-state index >= 15 is 0 Å². The van der Waals surface area contributed by atoms with Crippen LogP contribution in [0.5, 0.6) is 0 Å². The highest BCUT2D eigenvalue weighted by Gasteiger charge is 2.26. The molecule has 0 aromatic heterocycles. The van der Waals surface area contributed by atoms with Crippen LogP contribution in [0, 0.1) is 0 Å². The number of aliphatic hydroxyl groups is 3. The van der Waals surface area contributed by atoms with Crippen LogP contribution in [0.1, 0.15) is 129 Å². The van der Waals surface area contributed by atoms with Gasteiger partial charge in [-0.05, 0) is 12.8 Å². The molecule has 0 aliphatic heterocycles. The molecule has 5 heteroatoms. The first-order chi connectivity index (χ1) is 14.6. The summed E-state index contributed by atoms with van der Waals surface area (Å²) < 4.78 is 0. The number of unbranched alkanes of at least 4 members (excludes halogenated alkanes) is 14. The predicted octanol–water partition coefficient (Wildman–Crippen LogP) is 5.25. The first kappa shape index (κ1) is 29.4. The number of hydrogen-bond donors (Lipinski definition) is 4. The smallest absolute Gasteiger partial charge is 0.220 e. The topological polar surface area (TPSA) is 89.8 Å². The molecule has 0 heterocycles. The molecule has 0 spiro atoms. The van der Waals surface area contributed by atoms with Crippen molar-refractivity contribution in [2.45, 2.75) is 148 Å². The number of carbonyl (C=O) groups excluding carboxylic acids is 1. The lowest BCUT2D eigenvalue weighted by Crippen LogP contribution is -2.50. The van der Waals surface area contributed by atoms with E-state index < -0.39 is 18.2 Å². The molecule has 0 radical (unpaired) electrons. The van der Waals surface area contributed by atoms with E-state index in [2.05, 4.69) is 19.2 Å². The van der Waals surface area contributed by atoms with Crippen molar-refractivity contribution in [2.24, 2.45) is 0 Å². The van der Waals surface area contributed by atoms with Crippen LogP contribution >= 0.6 is 0 Å². The van der Waals surface area contributed by atoms with Gasteiger partial charge in [0.25, 0.3) is 0 Å². The third kappa shape index (κ3) is 17.1. The zero-order chi connectivity index (χ0) is 22.5. The van der Waals surface area contributed by atoms with Crippen LogP contribution in [0.2, 0.25) is 0 Å². The van der Waals surface area contributed by atoms with Crippen molar-refractivity contribution in [3.63, 3.8) is 0 Å². The highest BCUT2D eigenvalue weighted by molar-refractivity contribution is 5.76. The van der Waals surface area contributed by atoms with Gasteiger partial charge < -0.3 is 20.6 Å². The molecular weight excluding hydrogens is 378 g/mol. The standard InChI is InChI=1S/C25H51NO4/c1-3-5-7-9-11-13-15-17-19-23(28)25(30)22(21-27)26-24(29)20-18-16-14-12-10-8-6-4-2/h22-23,25,27-28,30H,3-21H2,1-2H3,(H,26,29)/t22-,23+,25-/m0/s1. The number of aliphatic hydroxyl groups excluding tert-OH is 3. The van der Waals surface area contributed by atoms with E-state index in [0.29, 0.717) is 12.8 Å². The molecule has 1 amide bonds. The second-order valence-corrected chi connectivity index (χ2v) is 8.90. The zero-order valence-corrected chi connectivity index (χ0v) is 19.9. The summed E-state index contributed by atoms with van der Waals surface area (Å²) in [5.74, 6) is -0.154. The molecule has 0 aromatic carbocycles. The van der Waals surface area contributed by atoms with Crippen LogP contribution < -0.4 is 5.32 Å². The summed E-state index contributed by atoms with van der Waals surface area (Å²) >= 11 is 0. The van der Waals surface area contributed by atoms with Crippen molar-refractivity contribution in [1.82, 2.24) is 5.32 Å². The quantitative estimate of drug-likeness (QED) is 0.177. The summed E-state index contributed by atoms with van der Waals surface area (Å²) in [6.07, 6.45) is 17.7. The third-order valence-electron chi connectivity index (χ3n) is 5.96. The monoisotopic (exact) mass is 429 g/mol. The Morgan fingerprint density at radius 3 is 1.60 bits per heavy atom. The maximum absolute atomic E-state index is 12.1. The predicted molar refractivity (Wildman–Crippen MR) is 125 cm³/mol. The molecule has 5 nitrogen and oxygen atoms in total. The molecular formula is C25H51NO4. The maximum atomic E-state index is 12.1. The molecule has 0 rings (SSSR count). The lowest BCUT2D eigenvalue weighted by atomic mass is 9.99. The van der Waals surface area contributed by atoms with Crippen LogP contribution in [0.4, 0.5) is 0 Å². The molecule has 0 aliphatic rings. The number of amides is 1. The molecule has 0 fully saturated rings. The van der Waals surface area contributed by atoms with Gasteiger partial charge in [0.05, 0.1) is 18.8 Å². The van der Waals surface area contributed by atoms with Crippen LogP contribution in [-0.2, 0) is 4.79 Å². The van der Waals surface area contributed by atoms with Gasteiger partial charge in [0.15, 0.2) is 0 Å². The number of carbonyl (C=O) groups is 1. The Morgan fingerprint density at radius 2 is 1.13 bits per heavy atom. The Morgan fingerprint density at radius 1 is 0.700 bits per heavy atom. The Balaban J connectivity index is 3.85. The van der Waals surface area contributed by atoms with Gasteiger partial charge in [0.1, 0.15) is 6.10 Å². The normalized spacial score (nSPS) is 14.4. The van der Waals surface area contributed by atoms with Crippen molar-refractivity contribution < 1.29 is 20.1 Å². The van der Waals surface area contributed by atoms with E-state index in [1.165, 1.54) is 64.2 Å². The molecule has 0 saturated heterocycles. The van der Waals surface area contributed by atoms with E-state index in [1.807, 2.05) is 0 Å². The SMILES string of the molecule is CCCCCCCCCCC(=O)N[C@@H](CO)[C@H](O)[C@H](O)CCCCCCCCCC. The Kier molecular flexibility index (Phi) is 21.1. The van der Waals surface area contributed by atoms with Gasteiger partial charge >= 0.3 is 0 Å². The first-order valence-electron chi connectivity index (χ1n) is 12.8. The zero-order valence-electron chi connectivity index (χ0n) is 19.9. The lowest BCUT2D eigenvalue weighted by molar-refractivity contribution is -0.124. The van der Waals surface area contributed by atoms with Gasteiger partial charge in [0, 0.05) is 6.42 Å². The summed E-state index contributed by atoms with van der Waals surface area (Å²) in [4.78, 5) is 12.1. The fourth-order valence-electron chi connectivity index (χ4n) is 3.86. The highest BCUT2D eigenvalue weighted by atomic mass is 16.3. The van der Waals surface area contributed by atoms with E-state index in [4.69, 9.17) is 0 Å². The fourth-order valence-corrected chi connectivity index (χ4v) is 3.86. The van der Waals surface area contributed by atoms with Crippen molar-refractivity contribution in [3.8, 4) is 0 Å². The summed E-state index contributed by atoms with van der Waals surface area (Å²) in [6.45, 7) is 4.06. The number of rotatable bonds is 22. The Hall–Kier alpha value is -0.650. The lowest BCUT2D eigenvalue weighted by Gasteiger charge is -2.26. The van der Waals surface area contributed by atoms with Crippen molar-refractivity contribution in [2.75, 3.05) is 6.61 Å². The van der Waals surface area contributed by atoms with Crippen molar-refractivity contribution >= 4 is 5.91 Å². The average Bonchev–Trinajstić information content (AvgIpc) is 2.75. The summed E-state index contributed by atoms with van der Waals surface area (Å²) in [7, 11) is 0. The van der Waals surface area contributed by atoms with E-state index in [-0.39, 0.29) is 12.5 Å². The Bertz CT molecular complexity index is 378. The molecule has 4 N–H and O–H groups in total. The van der Waals surface area contributed by atoms with Crippen molar-refractivity contribution in [3.05, 3.63) is 0 Å². The fraction of sp³-hybridized carbons (Fsp3) is 0.960. The molecule has 0 aliphatic carbocycles. The summed E-state index contributed by atoms with van der Waals surface area (Å²) in [5.41, 5.74) is 0. The van der Waals surface area contributed by atoms with Gasteiger partial charge in [-0.2, -0.15) is 0 Å². The first-order valence-corrected chi connectivity index (χ1v) is 12.8. The number of hydrogen-bond acceptors (Lipinski definition) is 4.